The van der Waals surface area contributed by atoms with E-state index in [9.17, 15) is 0 Å². The van der Waals surface area contributed by atoms with Crippen molar-refractivity contribution in [2.24, 2.45) is 0 Å². The number of benzene rings is 1. The van der Waals surface area contributed by atoms with Crippen LogP contribution in [-0.4, -0.2) is 4.98 Å². The van der Waals surface area contributed by atoms with Crippen molar-refractivity contribution in [3.8, 4) is 10.4 Å². The molecule has 0 saturated heterocycles. The molecule has 1 nitrogen and oxygen atoms in total. The number of thiophene rings is 1. The first-order chi connectivity index (χ1) is 8.54. The Morgan fingerprint density at radius 2 is 1.83 bits per heavy atom. The van der Waals surface area contributed by atoms with Gasteiger partial charge in [-0.1, -0.05) is 26.8 Å². The van der Waals surface area contributed by atoms with E-state index in [1.807, 2.05) is 17.5 Å². The highest BCUT2D eigenvalue weighted by Crippen LogP contribution is 2.35. The number of aromatic nitrogens is 1. The molecule has 0 atom stereocenters. The maximum atomic E-state index is 3.23. The molecule has 0 spiro atoms. The molecule has 0 radical (unpaired) electrons. The SMILES string of the molecule is CC(C)(C)c1ccc(-c2ccc3[nH]ccc3c2)s1. The van der Waals surface area contributed by atoms with E-state index in [0.29, 0.717) is 0 Å². The van der Waals surface area contributed by atoms with Gasteiger partial charge in [0.1, 0.15) is 0 Å². The molecule has 0 aliphatic heterocycles. The second kappa shape index (κ2) is 3.99. The van der Waals surface area contributed by atoms with Crippen LogP contribution in [0.2, 0.25) is 0 Å². The van der Waals surface area contributed by atoms with Gasteiger partial charge in [-0.25, -0.2) is 0 Å². The zero-order valence-electron chi connectivity index (χ0n) is 10.9. The number of nitrogens with one attached hydrogen (secondary N) is 1. The molecule has 2 heteroatoms. The van der Waals surface area contributed by atoms with Gasteiger partial charge in [-0.05, 0) is 46.7 Å². The van der Waals surface area contributed by atoms with Crippen LogP contribution in [0.25, 0.3) is 21.3 Å². The summed E-state index contributed by atoms with van der Waals surface area (Å²) in [6.45, 7) is 6.79. The lowest BCUT2D eigenvalue weighted by Crippen LogP contribution is -2.07. The van der Waals surface area contributed by atoms with Crippen molar-refractivity contribution in [1.82, 2.24) is 4.98 Å². The number of H-pyrrole nitrogens is 1. The average molecular weight is 255 g/mol. The lowest BCUT2D eigenvalue weighted by Gasteiger charge is -2.15. The van der Waals surface area contributed by atoms with Gasteiger partial charge in [0.05, 0.1) is 0 Å². The summed E-state index contributed by atoms with van der Waals surface area (Å²) in [5.41, 5.74) is 2.75. The van der Waals surface area contributed by atoms with Gasteiger partial charge in [0, 0.05) is 21.5 Å². The molecular weight excluding hydrogens is 238 g/mol. The van der Waals surface area contributed by atoms with E-state index in [1.165, 1.54) is 26.2 Å². The van der Waals surface area contributed by atoms with Crippen LogP contribution < -0.4 is 0 Å². The Hall–Kier alpha value is -1.54. The first-order valence-corrected chi connectivity index (χ1v) is 7.03. The van der Waals surface area contributed by atoms with Crippen molar-refractivity contribution in [2.75, 3.05) is 0 Å². The van der Waals surface area contributed by atoms with Gasteiger partial charge in [-0.3, -0.25) is 0 Å². The van der Waals surface area contributed by atoms with Crippen LogP contribution in [0.15, 0.2) is 42.6 Å². The summed E-state index contributed by atoms with van der Waals surface area (Å²) >= 11 is 1.89. The molecule has 0 bridgehead atoms. The Labute approximate surface area is 111 Å². The molecule has 92 valence electrons. The predicted molar refractivity (Wildman–Crippen MR) is 80.3 cm³/mol. The molecule has 3 rings (SSSR count). The molecule has 1 N–H and O–H groups in total. The van der Waals surface area contributed by atoms with E-state index in [-0.39, 0.29) is 5.41 Å². The maximum Gasteiger partial charge on any atom is 0.0454 e. The third kappa shape index (κ3) is 1.97. The molecule has 2 aromatic heterocycles. The Bertz CT molecular complexity index is 682. The third-order valence-corrected chi connectivity index (χ3v) is 4.74. The fourth-order valence-corrected chi connectivity index (χ4v) is 3.16. The van der Waals surface area contributed by atoms with Gasteiger partial charge in [0.2, 0.25) is 0 Å². The summed E-state index contributed by atoms with van der Waals surface area (Å²) in [6.07, 6.45) is 1.99. The topological polar surface area (TPSA) is 15.8 Å². The first kappa shape index (κ1) is 11.5. The second-order valence-corrected chi connectivity index (χ2v) is 6.78. The minimum absolute atomic E-state index is 0.237. The van der Waals surface area contributed by atoms with Crippen molar-refractivity contribution < 1.29 is 0 Å². The van der Waals surface area contributed by atoms with Crippen LogP contribution in [0, 0.1) is 0 Å². The Morgan fingerprint density at radius 3 is 2.56 bits per heavy atom. The van der Waals surface area contributed by atoms with E-state index in [1.54, 1.807) is 0 Å². The van der Waals surface area contributed by atoms with E-state index in [4.69, 9.17) is 0 Å². The summed E-state index contributed by atoms with van der Waals surface area (Å²) < 4.78 is 0. The summed E-state index contributed by atoms with van der Waals surface area (Å²) in [7, 11) is 0. The predicted octanol–water partition coefficient (Wildman–Crippen LogP) is 5.19. The number of fused-ring (bicyclic) bond motifs is 1. The summed E-state index contributed by atoms with van der Waals surface area (Å²) in [4.78, 5) is 6.02. The van der Waals surface area contributed by atoms with Crippen molar-refractivity contribution in [1.29, 1.82) is 0 Å². The number of hydrogen-bond donors (Lipinski definition) is 1. The third-order valence-electron chi connectivity index (χ3n) is 3.18. The van der Waals surface area contributed by atoms with Gasteiger partial charge in [0.25, 0.3) is 0 Å². The lowest BCUT2D eigenvalue weighted by molar-refractivity contribution is 0.604. The zero-order valence-corrected chi connectivity index (χ0v) is 11.8. The number of rotatable bonds is 1. The van der Waals surface area contributed by atoms with Gasteiger partial charge in [0.15, 0.2) is 0 Å². The van der Waals surface area contributed by atoms with Gasteiger partial charge in [-0.15, -0.1) is 11.3 Å². The van der Waals surface area contributed by atoms with Crippen LogP contribution in [0.4, 0.5) is 0 Å². The lowest BCUT2D eigenvalue weighted by atomic mass is 9.95. The molecule has 0 saturated carbocycles. The Morgan fingerprint density at radius 1 is 1.00 bits per heavy atom. The van der Waals surface area contributed by atoms with Crippen LogP contribution >= 0.6 is 11.3 Å². The molecule has 0 amide bonds. The maximum absolute atomic E-state index is 3.23. The zero-order chi connectivity index (χ0) is 12.8. The average Bonchev–Trinajstić information content (AvgIpc) is 2.96. The molecule has 0 unspecified atom stereocenters. The fourth-order valence-electron chi connectivity index (χ4n) is 2.10. The van der Waals surface area contributed by atoms with Crippen molar-refractivity contribution >= 4 is 22.2 Å². The molecule has 2 heterocycles. The highest BCUT2D eigenvalue weighted by molar-refractivity contribution is 7.15. The molecule has 1 aromatic carbocycles. The van der Waals surface area contributed by atoms with E-state index in [0.717, 1.165) is 0 Å². The van der Waals surface area contributed by atoms with Crippen LogP contribution in [-0.2, 0) is 5.41 Å². The Balaban J connectivity index is 2.06. The van der Waals surface area contributed by atoms with Crippen molar-refractivity contribution in [3.63, 3.8) is 0 Å². The van der Waals surface area contributed by atoms with Crippen LogP contribution in [0.3, 0.4) is 0 Å². The van der Waals surface area contributed by atoms with Crippen molar-refractivity contribution in [2.45, 2.75) is 26.2 Å². The second-order valence-electron chi connectivity index (χ2n) is 5.69. The summed E-state index contributed by atoms with van der Waals surface area (Å²) in [5, 5.41) is 1.28. The van der Waals surface area contributed by atoms with E-state index < -0.39 is 0 Å². The number of hydrogen-bond acceptors (Lipinski definition) is 1. The molecule has 0 aliphatic rings. The molecular formula is C16H17NS. The monoisotopic (exact) mass is 255 g/mol. The largest absolute Gasteiger partial charge is 0.361 e. The highest BCUT2D eigenvalue weighted by Gasteiger charge is 2.16. The van der Waals surface area contributed by atoms with Gasteiger partial charge < -0.3 is 4.98 Å². The molecule has 0 fully saturated rings. The normalized spacial score (nSPS) is 12.2. The van der Waals surface area contributed by atoms with Crippen LogP contribution in [0.5, 0.6) is 0 Å². The van der Waals surface area contributed by atoms with Crippen molar-refractivity contribution in [3.05, 3.63) is 47.5 Å². The first-order valence-electron chi connectivity index (χ1n) is 6.22. The minimum Gasteiger partial charge on any atom is -0.361 e. The fraction of sp³-hybridized carbons (Fsp3) is 0.250. The van der Waals surface area contributed by atoms with Gasteiger partial charge >= 0.3 is 0 Å². The standard InChI is InChI=1S/C16H17NS/c1-16(2,3)15-7-6-14(18-15)12-4-5-13-11(10-12)8-9-17-13/h4-10,17H,1-3H3. The molecule has 3 aromatic rings. The molecule has 0 aliphatic carbocycles. The summed E-state index contributed by atoms with van der Waals surface area (Å²) in [5.74, 6) is 0. The van der Waals surface area contributed by atoms with Crippen LogP contribution in [0.1, 0.15) is 25.6 Å². The smallest absolute Gasteiger partial charge is 0.0454 e. The highest BCUT2D eigenvalue weighted by atomic mass is 32.1. The Kier molecular flexibility index (Phi) is 2.56. The molecule has 18 heavy (non-hydrogen) atoms. The quantitative estimate of drug-likeness (QED) is 0.615. The number of aromatic amines is 1. The van der Waals surface area contributed by atoms with E-state index >= 15 is 0 Å². The van der Waals surface area contributed by atoms with Gasteiger partial charge in [-0.2, -0.15) is 0 Å². The minimum atomic E-state index is 0.237. The summed E-state index contributed by atoms with van der Waals surface area (Å²) in [6, 6.07) is 13.2. The van der Waals surface area contributed by atoms with E-state index in [2.05, 4.69) is 62.2 Å².